The van der Waals surface area contributed by atoms with Gasteiger partial charge >= 0.3 is 5.97 Å². The maximum Gasteiger partial charge on any atom is 0.338 e. The molecule has 1 aromatic carbocycles. The van der Waals surface area contributed by atoms with E-state index in [0.29, 0.717) is 15.7 Å². The molecule has 0 radical (unpaired) electrons. The van der Waals surface area contributed by atoms with Crippen molar-refractivity contribution < 1.29 is 14.4 Å². The predicted octanol–water partition coefficient (Wildman–Crippen LogP) is 3.28. The molecule has 1 heterocycles. The Morgan fingerprint density at radius 1 is 1.23 bits per heavy atom. The van der Waals surface area contributed by atoms with E-state index in [-0.39, 0.29) is 6.10 Å². The molecular weight excluding hydrogens is 329 g/mol. The SMILES string of the molecule is CC(C)OC(=O)C(C)ON1C=CN(c2ccc(Cl)cc2Cl)N1. The molecule has 22 heavy (non-hydrogen) atoms. The smallest absolute Gasteiger partial charge is 0.338 e. The molecule has 6 nitrogen and oxygen atoms in total. The third-order valence-corrected chi connectivity index (χ3v) is 3.22. The van der Waals surface area contributed by atoms with Gasteiger partial charge in [-0.15, -0.1) is 5.53 Å². The standard InChI is InChI=1S/C14H17Cl2N3O3/c1-9(2)21-14(20)10(3)22-19-7-6-18(17-19)13-5-4-11(15)8-12(13)16/h4-10,17H,1-3H3. The number of anilines is 1. The second kappa shape index (κ2) is 7.19. The minimum absolute atomic E-state index is 0.190. The third kappa shape index (κ3) is 4.27. The van der Waals surface area contributed by atoms with Gasteiger partial charge < -0.3 is 4.74 Å². The molecule has 0 saturated heterocycles. The van der Waals surface area contributed by atoms with E-state index in [2.05, 4.69) is 5.53 Å². The molecule has 1 aliphatic heterocycles. The lowest BCUT2D eigenvalue weighted by Crippen LogP contribution is -2.43. The molecule has 1 atom stereocenters. The van der Waals surface area contributed by atoms with E-state index in [1.807, 2.05) is 0 Å². The number of carbonyl (C=O) groups is 1. The highest BCUT2D eigenvalue weighted by atomic mass is 35.5. The summed E-state index contributed by atoms with van der Waals surface area (Å²) in [4.78, 5) is 17.1. The van der Waals surface area contributed by atoms with Crippen molar-refractivity contribution >= 4 is 34.9 Å². The summed E-state index contributed by atoms with van der Waals surface area (Å²) < 4.78 is 5.07. The lowest BCUT2D eigenvalue weighted by Gasteiger charge is -2.24. The Morgan fingerprint density at radius 2 is 1.95 bits per heavy atom. The van der Waals surface area contributed by atoms with E-state index in [4.69, 9.17) is 32.8 Å². The van der Waals surface area contributed by atoms with Crippen molar-refractivity contribution in [3.05, 3.63) is 40.6 Å². The molecule has 1 aliphatic rings. The van der Waals surface area contributed by atoms with Crippen LogP contribution >= 0.6 is 23.2 Å². The summed E-state index contributed by atoms with van der Waals surface area (Å²) in [5, 5.41) is 3.98. The van der Waals surface area contributed by atoms with Crippen molar-refractivity contribution in [2.24, 2.45) is 0 Å². The minimum atomic E-state index is -0.750. The first-order valence-electron chi connectivity index (χ1n) is 6.72. The van der Waals surface area contributed by atoms with Crippen molar-refractivity contribution in [3.8, 4) is 0 Å². The van der Waals surface area contributed by atoms with Crippen LogP contribution < -0.4 is 10.5 Å². The zero-order chi connectivity index (χ0) is 16.3. The van der Waals surface area contributed by atoms with Crippen LogP contribution in [0.4, 0.5) is 5.69 Å². The number of halogens is 2. The molecule has 0 aliphatic carbocycles. The summed E-state index contributed by atoms with van der Waals surface area (Å²) in [6, 6.07) is 5.13. The highest BCUT2D eigenvalue weighted by Gasteiger charge is 2.23. The average Bonchev–Trinajstić information content (AvgIpc) is 2.86. The molecule has 1 N–H and O–H groups in total. The Kier molecular flexibility index (Phi) is 5.52. The van der Waals surface area contributed by atoms with E-state index in [1.54, 1.807) is 56.4 Å². The van der Waals surface area contributed by atoms with Crippen LogP contribution in [-0.2, 0) is 14.4 Å². The second-order valence-electron chi connectivity index (χ2n) is 4.92. The Hall–Kier alpha value is -1.47. The number of hydrogen-bond acceptors (Lipinski definition) is 6. The van der Waals surface area contributed by atoms with Crippen molar-refractivity contribution in [2.75, 3.05) is 5.01 Å². The maximum absolute atomic E-state index is 11.7. The molecule has 2 rings (SSSR count). The van der Waals surface area contributed by atoms with Gasteiger partial charge in [0.2, 0.25) is 0 Å². The molecule has 0 saturated carbocycles. The topological polar surface area (TPSA) is 54.0 Å². The van der Waals surface area contributed by atoms with Gasteiger partial charge in [0.25, 0.3) is 0 Å². The van der Waals surface area contributed by atoms with Gasteiger partial charge in [-0.1, -0.05) is 23.2 Å². The van der Waals surface area contributed by atoms with Gasteiger partial charge in [0.05, 0.1) is 23.0 Å². The van der Waals surface area contributed by atoms with E-state index in [0.717, 1.165) is 0 Å². The van der Waals surface area contributed by atoms with E-state index >= 15 is 0 Å². The van der Waals surface area contributed by atoms with Crippen LogP contribution in [0.15, 0.2) is 30.6 Å². The lowest BCUT2D eigenvalue weighted by atomic mass is 10.3. The fourth-order valence-electron chi connectivity index (χ4n) is 1.71. The molecular formula is C14H17Cl2N3O3. The number of carbonyl (C=O) groups excluding carboxylic acids is 1. The first kappa shape index (κ1) is 16.9. The van der Waals surface area contributed by atoms with Gasteiger partial charge in [0.15, 0.2) is 6.10 Å². The Balaban J connectivity index is 1.93. The molecule has 0 spiro atoms. The van der Waals surface area contributed by atoms with Crippen molar-refractivity contribution in [1.29, 1.82) is 0 Å². The predicted molar refractivity (Wildman–Crippen MR) is 84.8 cm³/mol. The number of nitrogens with zero attached hydrogens (tertiary/aromatic N) is 2. The van der Waals surface area contributed by atoms with Crippen molar-refractivity contribution in [2.45, 2.75) is 33.0 Å². The number of hydrazine groups is 2. The van der Waals surface area contributed by atoms with Crippen LogP contribution in [0.1, 0.15) is 20.8 Å². The van der Waals surface area contributed by atoms with Crippen LogP contribution in [0.5, 0.6) is 0 Å². The normalized spacial score (nSPS) is 15.5. The molecule has 0 amide bonds. The fraction of sp³-hybridized carbons (Fsp3) is 0.357. The van der Waals surface area contributed by atoms with Crippen LogP contribution in [0.2, 0.25) is 10.0 Å². The van der Waals surface area contributed by atoms with Gasteiger partial charge in [-0.2, -0.15) is 5.17 Å². The molecule has 0 bridgehead atoms. The number of esters is 1. The van der Waals surface area contributed by atoms with Gasteiger partial charge in [-0.05, 0) is 39.0 Å². The maximum atomic E-state index is 11.7. The van der Waals surface area contributed by atoms with Gasteiger partial charge in [0.1, 0.15) is 0 Å². The van der Waals surface area contributed by atoms with Crippen molar-refractivity contribution in [1.82, 2.24) is 10.7 Å². The second-order valence-corrected chi connectivity index (χ2v) is 5.77. The van der Waals surface area contributed by atoms with Crippen LogP contribution in [0.25, 0.3) is 0 Å². The first-order valence-corrected chi connectivity index (χ1v) is 7.48. The number of hydrogen-bond donors (Lipinski definition) is 1. The summed E-state index contributed by atoms with van der Waals surface area (Å²) >= 11 is 12.0. The van der Waals surface area contributed by atoms with E-state index in [1.165, 1.54) is 5.17 Å². The molecule has 0 fully saturated rings. The number of benzene rings is 1. The number of nitrogens with one attached hydrogen (secondary N) is 1. The molecule has 1 unspecified atom stereocenters. The molecule has 0 aromatic heterocycles. The highest BCUT2D eigenvalue weighted by Crippen LogP contribution is 2.29. The molecule has 1 aromatic rings. The third-order valence-electron chi connectivity index (χ3n) is 2.68. The van der Waals surface area contributed by atoms with Crippen molar-refractivity contribution in [3.63, 3.8) is 0 Å². The summed E-state index contributed by atoms with van der Waals surface area (Å²) in [6.45, 7) is 5.17. The Labute approximate surface area is 139 Å². The molecule has 120 valence electrons. The minimum Gasteiger partial charge on any atom is -0.461 e. The Bertz CT molecular complexity index is 580. The zero-order valence-electron chi connectivity index (χ0n) is 12.4. The number of ether oxygens (including phenoxy) is 1. The number of rotatable bonds is 5. The van der Waals surface area contributed by atoms with Crippen LogP contribution in [-0.4, -0.2) is 23.3 Å². The summed E-state index contributed by atoms with van der Waals surface area (Å²) in [5.74, 6) is -0.437. The first-order chi connectivity index (χ1) is 10.4. The van der Waals surface area contributed by atoms with Gasteiger partial charge in [-0.25, -0.2) is 9.63 Å². The summed E-state index contributed by atoms with van der Waals surface area (Å²) in [5.41, 5.74) is 3.60. The van der Waals surface area contributed by atoms with Gasteiger partial charge in [0, 0.05) is 11.2 Å². The number of hydroxylamine groups is 1. The summed E-state index contributed by atoms with van der Waals surface area (Å²) in [6.07, 6.45) is 2.38. The average molecular weight is 346 g/mol. The van der Waals surface area contributed by atoms with Crippen LogP contribution in [0, 0.1) is 0 Å². The van der Waals surface area contributed by atoms with Crippen LogP contribution in [0.3, 0.4) is 0 Å². The molecule has 8 heteroatoms. The highest BCUT2D eigenvalue weighted by molar-refractivity contribution is 6.36. The summed E-state index contributed by atoms with van der Waals surface area (Å²) in [7, 11) is 0. The monoisotopic (exact) mass is 345 g/mol. The fourth-order valence-corrected chi connectivity index (χ4v) is 2.21. The van der Waals surface area contributed by atoms with E-state index in [9.17, 15) is 4.79 Å². The Morgan fingerprint density at radius 3 is 2.59 bits per heavy atom. The zero-order valence-corrected chi connectivity index (χ0v) is 13.9. The van der Waals surface area contributed by atoms with E-state index < -0.39 is 12.1 Å². The quantitative estimate of drug-likeness (QED) is 0.826. The largest absolute Gasteiger partial charge is 0.461 e. The lowest BCUT2D eigenvalue weighted by molar-refractivity contribution is -0.207. The van der Waals surface area contributed by atoms with Gasteiger partial charge in [-0.3, -0.25) is 5.01 Å².